The Labute approximate surface area is 120 Å². The Morgan fingerprint density at radius 2 is 2.05 bits per heavy atom. The van der Waals surface area contributed by atoms with Crippen LogP contribution in [0.1, 0.15) is 23.7 Å². The molecule has 1 unspecified atom stereocenters. The van der Waals surface area contributed by atoms with E-state index in [0.29, 0.717) is 6.61 Å². The van der Waals surface area contributed by atoms with E-state index in [-0.39, 0.29) is 6.04 Å². The maximum absolute atomic E-state index is 5.16. The Morgan fingerprint density at radius 3 is 2.75 bits per heavy atom. The molecule has 0 fully saturated rings. The van der Waals surface area contributed by atoms with Gasteiger partial charge in [-0.25, -0.2) is 4.98 Å². The predicted molar refractivity (Wildman–Crippen MR) is 82.2 cm³/mol. The van der Waals surface area contributed by atoms with E-state index in [1.807, 2.05) is 6.92 Å². The molecule has 2 rings (SSSR count). The van der Waals surface area contributed by atoms with Crippen molar-refractivity contribution in [1.82, 2.24) is 9.55 Å². The molecule has 1 atom stereocenters. The average Bonchev–Trinajstić information content (AvgIpc) is 2.72. The van der Waals surface area contributed by atoms with E-state index in [1.165, 1.54) is 11.1 Å². The average molecular weight is 273 g/mol. The summed E-state index contributed by atoms with van der Waals surface area (Å²) in [5, 5.41) is 3.40. The maximum Gasteiger partial charge on any atom is 0.203 e. The van der Waals surface area contributed by atoms with Crippen molar-refractivity contribution < 1.29 is 4.74 Å². The van der Waals surface area contributed by atoms with Crippen LogP contribution in [-0.2, 0) is 11.3 Å². The van der Waals surface area contributed by atoms with Crippen molar-refractivity contribution in [2.75, 3.05) is 19.0 Å². The zero-order valence-electron chi connectivity index (χ0n) is 12.7. The molecule has 0 bridgehead atoms. The third kappa shape index (κ3) is 3.61. The Balaban J connectivity index is 2.17. The van der Waals surface area contributed by atoms with Gasteiger partial charge in [0.05, 0.1) is 18.8 Å². The van der Waals surface area contributed by atoms with Crippen LogP contribution in [0, 0.1) is 13.8 Å². The highest BCUT2D eigenvalue weighted by Crippen LogP contribution is 2.15. The first-order valence-electron chi connectivity index (χ1n) is 6.94. The number of anilines is 1. The van der Waals surface area contributed by atoms with E-state index in [0.717, 1.165) is 18.2 Å². The molecule has 2 aromatic rings. The van der Waals surface area contributed by atoms with Crippen LogP contribution >= 0.6 is 0 Å². The van der Waals surface area contributed by atoms with Crippen molar-refractivity contribution in [3.8, 4) is 0 Å². The molecule has 0 radical (unpaired) electrons. The minimum Gasteiger partial charge on any atom is -0.383 e. The minimum absolute atomic E-state index is 0.234. The van der Waals surface area contributed by atoms with Crippen LogP contribution in [0.5, 0.6) is 0 Å². The Morgan fingerprint density at radius 1 is 1.30 bits per heavy atom. The molecule has 1 N–H and O–H groups in total. The van der Waals surface area contributed by atoms with Crippen LogP contribution in [0.15, 0.2) is 30.5 Å². The van der Waals surface area contributed by atoms with E-state index in [9.17, 15) is 0 Å². The zero-order chi connectivity index (χ0) is 14.5. The molecule has 108 valence electrons. The molecule has 20 heavy (non-hydrogen) atoms. The summed E-state index contributed by atoms with van der Waals surface area (Å²) in [7, 11) is 1.71. The molecule has 1 aromatic carbocycles. The second-order valence-corrected chi connectivity index (χ2v) is 5.26. The SMILES string of the molecule is COCC(C)Nc1nc(C)cn1Cc1ccccc1C. The number of hydrogen-bond acceptors (Lipinski definition) is 3. The first-order chi connectivity index (χ1) is 9.60. The molecule has 1 heterocycles. The topological polar surface area (TPSA) is 39.1 Å². The molecule has 0 aliphatic heterocycles. The summed E-state index contributed by atoms with van der Waals surface area (Å²) in [5.74, 6) is 0.898. The second kappa shape index (κ2) is 6.57. The first kappa shape index (κ1) is 14.6. The summed E-state index contributed by atoms with van der Waals surface area (Å²) in [6, 6.07) is 8.68. The first-order valence-corrected chi connectivity index (χ1v) is 6.94. The van der Waals surface area contributed by atoms with Gasteiger partial charge < -0.3 is 14.6 Å². The van der Waals surface area contributed by atoms with Gasteiger partial charge in [-0.1, -0.05) is 24.3 Å². The minimum atomic E-state index is 0.234. The van der Waals surface area contributed by atoms with Gasteiger partial charge in [0.25, 0.3) is 0 Å². The molecule has 4 nitrogen and oxygen atoms in total. The number of ether oxygens (including phenoxy) is 1. The Hall–Kier alpha value is -1.81. The quantitative estimate of drug-likeness (QED) is 0.879. The molecule has 1 aromatic heterocycles. The van der Waals surface area contributed by atoms with Crippen LogP contribution in [0.3, 0.4) is 0 Å². The summed E-state index contributed by atoms with van der Waals surface area (Å²) in [6.45, 7) is 7.73. The number of benzene rings is 1. The van der Waals surface area contributed by atoms with Crippen molar-refractivity contribution in [1.29, 1.82) is 0 Å². The van der Waals surface area contributed by atoms with E-state index in [2.05, 4.69) is 59.2 Å². The van der Waals surface area contributed by atoms with E-state index < -0.39 is 0 Å². The van der Waals surface area contributed by atoms with Gasteiger partial charge in [-0.3, -0.25) is 0 Å². The van der Waals surface area contributed by atoms with Crippen molar-refractivity contribution in [3.05, 3.63) is 47.3 Å². The molecule has 0 saturated heterocycles. The lowest BCUT2D eigenvalue weighted by Gasteiger charge is -2.15. The molecule has 0 saturated carbocycles. The van der Waals surface area contributed by atoms with Gasteiger partial charge in [0.1, 0.15) is 0 Å². The lowest BCUT2D eigenvalue weighted by Crippen LogP contribution is -2.23. The summed E-state index contributed by atoms with van der Waals surface area (Å²) >= 11 is 0. The van der Waals surface area contributed by atoms with Crippen molar-refractivity contribution in [3.63, 3.8) is 0 Å². The molecule has 0 spiro atoms. The summed E-state index contributed by atoms with van der Waals surface area (Å²) in [5.41, 5.74) is 3.63. The molecule has 0 aliphatic carbocycles. The van der Waals surface area contributed by atoms with Gasteiger partial charge in [-0.05, 0) is 31.9 Å². The fourth-order valence-corrected chi connectivity index (χ4v) is 2.27. The fraction of sp³-hybridized carbons (Fsp3) is 0.438. The lowest BCUT2D eigenvalue weighted by molar-refractivity contribution is 0.190. The van der Waals surface area contributed by atoms with Crippen LogP contribution in [-0.4, -0.2) is 29.3 Å². The third-order valence-electron chi connectivity index (χ3n) is 3.29. The van der Waals surface area contributed by atoms with Crippen LogP contribution in [0.25, 0.3) is 0 Å². The Bertz CT molecular complexity index is 563. The monoisotopic (exact) mass is 273 g/mol. The van der Waals surface area contributed by atoms with Crippen LogP contribution in [0.4, 0.5) is 5.95 Å². The number of nitrogens with one attached hydrogen (secondary N) is 1. The van der Waals surface area contributed by atoms with Gasteiger partial charge in [-0.15, -0.1) is 0 Å². The standard InChI is InChI=1S/C16H23N3O/c1-12-7-5-6-8-15(12)10-19-9-13(2)17-16(19)18-14(3)11-20-4/h5-9,14H,10-11H2,1-4H3,(H,17,18). The third-order valence-corrected chi connectivity index (χ3v) is 3.29. The number of aryl methyl sites for hydroxylation is 2. The van der Waals surface area contributed by atoms with Gasteiger partial charge in [0.2, 0.25) is 5.95 Å². The molecular weight excluding hydrogens is 250 g/mol. The van der Waals surface area contributed by atoms with E-state index >= 15 is 0 Å². The van der Waals surface area contributed by atoms with Crippen LogP contribution in [0.2, 0.25) is 0 Å². The maximum atomic E-state index is 5.16. The molecular formula is C16H23N3O. The van der Waals surface area contributed by atoms with Gasteiger partial charge in [-0.2, -0.15) is 0 Å². The number of hydrogen-bond donors (Lipinski definition) is 1. The van der Waals surface area contributed by atoms with Gasteiger partial charge in [0.15, 0.2) is 0 Å². The number of aromatic nitrogens is 2. The summed E-state index contributed by atoms with van der Waals surface area (Å²) in [4.78, 5) is 4.55. The number of imidazole rings is 1. The highest BCUT2D eigenvalue weighted by Gasteiger charge is 2.10. The number of rotatable bonds is 6. The molecule has 0 amide bonds. The predicted octanol–water partition coefficient (Wildman–Crippen LogP) is 3.00. The van der Waals surface area contributed by atoms with Crippen molar-refractivity contribution in [2.45, 2.75) is 33.4 Å². The number of nitrogens with zero attached hydrogens (tertiary/aromatic N) is 2. The molecule has 0 aliphatic rings. The van der Waals surface area contributed by atoms with Crippen LogP contribution < -0.4 is 5.32 Å². The second-order valence-electron chi connectivity index (χ2n) is 5.26. The van der Waals surface area contributed by atoms with E-state index in [1.54, 1.807) is 7.11 Å². The zero-order valence-corrected chi connectivity index (χ0v) is 12.7. The number of methoxy groups -OCH3 is 1. The molecule has 4 heteroatoms. The van der Waals surface area contributed by atoms with Crippen molar-refractivity contribution in [2.24, 2.45) is 0 Å². The fourth-order valence-electron chi connectivity index (χ4n) is 2.27. The highest BCUT2D eigenvalue weighted by molar-refractivity contribution is 5.33. The summed E-state index contributed by atoms with van der Waals surface area (Å²) in [6.07, 6.45) is 2.08. The normalized spacial score (nSPS) is 12.4. The van der Waals surface area contributed by atoms with Gasteiger partial charge >= 0.3 is 0 Å². The smallest absolute Gasteiger partial charge is 0.203 e. The van der Waals surface area contributed by atoms with Gasteiger partial charge in [0, 0.05) is 19.3 Å². The Kier molecular flexibility index (Phi) is 4.79. The van der Waals surface area contributed by atoms with E-state index in [4.69, 9.17) is 4.74 Å². The largest absolute Gasteiger partial charge is 0.383 e. The summed E-state index contributed by atoms with van der Waals surface area (Å²) < 4.78 is 7.32. The highest BCUT2D eigenvalue weighted by atomic mass is 16.5. The lowest BCUT2D eigenvalue weighted by atomic mass is 10.1. The van der Waals surface area contributed by atoms with Crippen molar-refractivity contribution >= 4 is 5.95 Å².